The molecule has 0 radical (unpaired) electrons. The maximum absolute atomic E-state index is 2.31. The van der Waals surface area contributed by atoms with E-state index in [1.165, 1.54) is 16.7 Å². The molecule has 0 fully saturated rings. The minimum absolute atomic E-state index is 0.423. The second kappa shape index (κ2) is 8.95. The van der Waals surface area contributed by atoms with Crippen molar-refractivity contribution in [3.05, 3.63) is 102 Å². The van der Waals surface area contributed by atoms with Crippen LogP contribution in [-0.2, 0) is 0 Å². The summed E-state index contributed by atoms with van der Waals surface area (Å²) >= 11 is 0. The second-order valence-electron chi connectivity index (χ2n) is 6.04. The maximum Gasteiger partial charge on any atom is -0.000732 e. The van der Waals surface area contributed by atoms with E-state index in [9.17, 15) is 0 Å². The third kappa shape index (κ3) is 5.75. The molecule has 2 aromatic rings. The Hall–Kier alpha value is -2.34. The topological polar surface area (TPSA) is 0 Å². The minimum Gasteiger partial charge on any atom is -0.0779 e. The van der Waals surface area contributed by atoms with Crippen molar-refractivity contribution in [3.8, 4) is 0 Å². The Morgan fingerprint density at radius 1 is 0.783 bits per heavy atom. The predicted octanol–water partition coefficient (Wildman–Crippen LogP) is 6.64. The van der Waals surface area contributed by atoms with Crippen molar-refractivity contribution in [2.75, 3.05) is 0 Å². The van der Waals surface area contributed by atoms with Crippen molar-refractivity contribution in [1.29, 1.82) is 0 Å². The van der Waals surface area contributed by atoms with E-state index in [1.54, 1.807) is 0 Å². The van der Waals surface area contributed by atoms with Crippen LogP contribution >= 0.6 is 0 Å². The van der Waals surface area contributed by atoms with Crippen LogP contribution in [0.2, 0.25) is 0 Å². The first-order valence-corrected chi connectivity index (χ1v) is 8.30. The summed E-state index contributed by atoms with van der Waals surface area (Å²) in [7, 11) is 0. The molecule has 0 heteroatoms. The normalized spacial score (nSPS) is 15.2. The molecular formula is C23H26. The summed E-state index contributed by atoms with van der Waals surface area (Å²) < 4.78 is 0. The van der Waals surface area contributed by atoms with Crippen molar-refractivity contribution in [2.24, 2.45) is 5.92 Å². The minimum atomic E-state index is 0.423. The van der Waals surface area contributed by atoms with Crippen LogP contribution in [0.25, 0.3) is 5.57 Å². The quantitative estimate of drug-likeness (QED) is 0.524. The van der Waals surface area contributed by atoms with E-state index < -0.39 is 0 Å². The first-order valence-electron chi connectivity index (χ1n) is 8.30. The molecule has 0 N–H and O–H groups in total. The van der Waals surface area contributed by atoms with E-state index >= 15 is 0 Å². The smallest absolute Gasteiger partial charge is 0.000732 e. The van der Waals surface area contributed by atoms with Crippen molar-refractivity contribution in [1.82, 2.24) is 0 Å². The largest absolute Gasteiger partial charge is 0.0779 e. The first kappa shape index (κ1) is 17.0. The molecule has 0 aliphatic heterocycles. The van der Waals surface area contributed by atoms with Crippen molar-refractivity contribution >= 4 is 5.57 Å². The lowest BCUT2D eigenvalue weighted by molar-refractivity contribution is 0.938. The molecule has 2 atom stereocenters. The summed E-state index contributed by atoms with van der Waals surface area (Å²) in [4.78, 5) is 0. The summed E-state index contributed by atoms with van der Waals surface area (Å²) in [5, 5.41) is 0. The van der Waals surface area contributed by atoms with Crippen molar-refractivity contribution < 1.29 is 0 Å². The van der Waals surface area contributed by atoms with Crippen LogP contribution in [-0.4, -0.2) is 0 Å². The summed E-state index contributed by atoms with van der Waals surface area (Å²) in [5.74, 6) is 0.865. The molecule has 0 amide bonds. The first-order chi connectivity index (χ1) is 11.2. The van der Waals surface area contributed by atoms with Gasteiger partial charge < -0.3 is 0 Å². The third-order valence-corrected chi connectivity index (χ3v) is 3.99. The summed E-state index contributed by atoms with van der Waals surface area (Å²) in [6.07, 6.45) is 11.1. The third-order valence-electron chi connectivity index (χ3n) is 3.99. The van der Waals surface area contributed by atoms with Gasteiger partial charge in [0.1, 0.15) is 0 Å². The van der Waals surface area contributed by atoms with Crippen LogP contribution < -0.4 is 0 Å². The second-order valence-corrected chi connectivity index (χ2v) is 6.04. The molecule has 23 heavy (non-hydrogen) atoms. The molecule has 0 heterocycles. The van der Waals surface area contributed by atoms with Gasteiger partial charge in [0.2, 0.25) is 0 Å². The Labute approximate surface area is 140 Å². The highest BCUT2D eigenvalue weighted by atomic mass is 14.0. The monoisotopic (exact) mass is 302 g/mol. The average molecular weight is 302 g/mol. The van der Waals surface area contributed by atoms with Gasteiger partial charge in [-0.1, -0.05) is 105 Å². The van der Waals surface area contributed by atoms with Gasteiger partial charge in [-0.3, -0.25) is 0 Å². The molecule has 2 aromatic carbocycles. The molecule has 2 unspecified atom stereocenters. The predicted molar refractivity (Wildman–Crippen MR) is 102 cm³/mol. The van der Waals surface area contributed by atoms with Crippen LogP contribution in [0.1, 0.15) is 37.8 Å². The summed E-state index contributed by atoms with van der Waals surface area (Å²) in [5.41, 5.74) is 3.97. The zero-order valence-corrected chi connectivity index (χ0v) is 14.3. The Kier molecular flexibility index (Phi) is 6.62. The van der Waals surface area contributed by atoms with E-state index in [4.69, 9.17) is 0 Å². The fourth-order valence-corrected chi connectivity index (χ4v) is 2.59. The van der Waals surface area contributed by atoms with Crippen molar-refractivity contribution in [3.63, 3.8) is 0 Å². The molecule has 0 saturated heterocycles. The standard InChI is InChI=1S/C23H26/c1-19(18-21(3)23-16-8-5-9-17-23)12-10-11-13-20(2)22-14-6-4-7-15-22/h4-20H,1-3H3/b12-10-,13-11-,21-18+. The number of rotatable bonds is 6. The molecule has 2 rings (SSSR count). The van der Waals surface area contributed by atoms with Crippen molar-refractivity contribution in [2.45, 2.75) is 26.7 Å². The highest BCUT2D eigenvalue weighted by Crippen LogP contribution is 2.17. The zero-order valence-electron chi connectivity index (χ0n) is 14.3. The SMILES string of the molecule is C/C(=C\C(C)/C=C\C=C/C(C)c1ccccc1)c1ccccc1. The highest BCUT2D eigenvalue weighted by molar-refractivity contribution is 5.63. The van der Waals surface area contributed by atoms with Crippen LogP contribution in [0.15, 0.2) is 91.0 Å². The van der Waals surface area contributed by atoms with Gasteiger partial charge in [-0.05, 0) is 35.5 Å². The molecular weight excluding hydrogens is 276 g/mol. The van der Waals surface area contributed by atoms with Gasteiger partial charge in [0.15, 0.2) is 0 Å². The number of hydrogen-bond donors (Lipinski definition) is 0. The molecule has 0 nitrogen and oxygen atoms in total. The molecule has 0 aromatic heterocycles. The van der Waals surface area contributed by atoms with E-state index in [0.717, 1.165) is 0 Å². The number of hydrogen-bond acceptors (Lipinski definition) is 0. The lowest BCUT2D eigenvalue weighted by Crippen LogP contribution is -1.88. The average Bonchev–Trinajstić information content (AvgIpc) is 2.60. The molecule has 0 aliphatic rings. The van der Waals surface area contributed by atoms with E-state index in [1.807, 2.05) is 0 Å². The van der Waals surface area contributed by atoms with Gasteiger partial charge in [-0.15, -0.1) is 0 Å². The maximum atomic E-state index is 2.31. The van der Waals surface area contributed by atoms with Crippen LogP contribution in [0.4, 0.5) is 0 Å². The lowest BCUT2D eigenvalue weighted by atomic mass is 10.00. The number of allylic oxidation sites excluding steroid dienone is 6. The molecule has 0 spiro atoms. The Morgan fingerprint density at radius 3 is 2.00 bits per heavy atom. The van der Waals surface area contributed by atoms with Crippen LogP contribution in [0.3, 0.4) is 0 Å². The van der Waals surface area contributed by atoms with Gasteiger partial charge in [-0.25, -0.2) is 0 Å². The Bertz CT molecular complexity index is 660. The number of benzene rings is 2. The van der Waals surface area contributed by atoms with Gasteiger partial charge in [0.05, 0.1) is 0 Å². The van der Waals surface area contributed by atoms with Gasteiger partial charge in [0.25, 0.3) is 0 Å². The van der Waals surface area contributed by atoms with Gasteiger partial charge in [0, 0.05) is 0 Å². The van der Waals surface area contributed by atoms with Crippen LogP contribution in [0.5, 0.6) is 0 Å². The Balaban J connectivity index is 1.91. The van der Waals surface area contributed by atoms with E-state index in [2.05, 4.69) is 112 Å². The van der Waals surface area contributed by atoms with Gasteiger partial charge in [-0.2, -0.15) is 0 Å². The molecule has 0 bridgehead atoms. The zero-order chi connectivity index (χ0) is 16.5. The molecule has 0 aliphatic carbocycles. The van der Waals surface area contributed by atoms with E-state index in [0.29, 0.717) is 11.8 Å². The summed E-state index contributed by atoms with van der Waals surface area (Å²) in [6, 6.07) is 21.1. The highest BCUT2D eigenvalue weighted by Gasteiger charge is 1.99. The Morgan fingerprint density at radius 2 is 1.35 bits per heavy atom. The molecule has 118 valence electrons. The lowest BCUT2D eigenvalue weighted by Gasteiger charge is -2.05. The summed E-state index contributed by atoms with van der Waals surface area (Å²) in [6.45, 7) is 6.62. The molecule has 0 saturated carbocycles. The fraction of sp³-hybridized carbons (Fsp3) is 0.217. The van der Waals surface area contributed by atoms with Gasteiger partial charge >= 0.3 is 0 Å². The fourth-order valence-electron chi connectivity index (χ4n) is 2.59. The van der Waals surface area contributed by atoms with E-state index in [-0.39, 0.29) is 0 Å². The van der Waals surface area contributed by atoms with Crippen LogP contribution in [0, 0.1) is 5.92 Å².